The average molecular weight is 701 g/mol. The number of aliphatic hydroxyl groups excluding tert-OH is 1. The maximum Gasteiger partial charge on any atom is 0.338 e. The van der Waals surface area contributed by atoms with Crippen LogP contribution in [-0.4, -0.2) is 90.6 Å². The van der Waals surface area contributed by atoms with Crippen molar-refractivity contribution in [1.29, 1.82) is 0 Å². The molecule has 1 aliphatic heterocycles. The second-order valence-electron chi connectivity index (χ2n) is 15.1. The summed E-state index contributed by atoms with van der Waals surface area (Å²) in [7, 11) is -2.48. The van der Waals surface area contributed by atoms with E-state index >= 15 is 4.79 Å². The van der Waals surface area contributed by atoms with Crippen molar-refractivity contribution >= 4 is 32.0 Å². The van der Waals surface area contributed by atoms with Crippen LogP contribution < -0.4 is 0 Å². The van der Waals surface area contributed by atoms with Gasteiger partial charge in [-0.3, -0.25) is 14.4 Å². The Labute approximate surface area is 289 Å². The number of hydrogen-bond donors (Lipinski definition) is 2. The predicted molar refractivity (Wildman–Crippen MR) is 181 cm³/mol. The van der Waals surface area contributed by atoms with Gasteiger partial charge in [-0.15, -0.1) is 0 Å². The van der Waals surface area contributed by atoms with Crippen LogP contribution in [0.2, 0.25) is 18.1 Å². The number of carbonyl (C=O) groups is 4. The summed E-state index contributed by atoms with van der Waals surface area (Å²) in [6, 6.07) is 10.6. The standard InChI is InChI=1S/C37H52O11Si/c1-10-49(11-2,12-3)48-26-18-27-36(20-44-27,47-23(6)39)30-32(46-33(42)24-16-14-13-15-17-24)37(43)19-25(40)21(4)28(34(37,7)8)29(45-22(5)38)31(41)35(26,30)9/h13-17,25-27,29-30,32,40,43H,10-12,18-20H2,1-9H3/t25-,26-,27?,29+,30-,32-,35+,36-,37+/m0/s1. The molecule has 1 heterocycles. The normalized spacial score (nSPS) is 36.7. The molecule has 11 nitrogen and oxygen atoms in total. The lowest BCUT2D eigenvalue weighted by molar-refractivity contribution is -0.344. The number of hydrogen-bond acceptors (Lipinski definition) is 11. The molecule has 2 saturated carbocycles. The highest BCUT2D eigenvalue weighted by Gasteiger charge is 2.78. The molecule has 3 fully saturated rings. The lowest BCUT2D eigenvalue weighted by atomic mass is 9.44. The lowest BCUT2D eigenvalue weighted by Crippen LogP contribution is -2.82. The zero-order valence-electron chi connectivity index (χ0n) is 30.2. The van der Waals surface area contributed by atoms with Gasteiger partial charge in [-0.1, -0.05) is 52.8 Å². The van der Waals surface area contributed by atoms with Gasteiger partial charge < -0.3 is 33.6 Å². The van der Waals surface area contributed by atoms with Crippen molar-refractivity contribution < 1.29 is 52.8 Å². The second-order valence-corrected chi connectivity index (χ2v) is 19.8. The van der Waals surface area contributed by atoms with Crippen molar-refractivity contribution in [3.63, 3.8) is 0 Å². The number of ketones is 1. The first-order chi connectivity index (χ1) is 22.9. The molecule has 49 heavy (non-hydrogen) atoms. The molecule has 1 aromatic rings. The van der Waals surface area contributed by atoms with Gasteiger partial charge in [0.1, 0.15) is 17.8 Å². The van der Waals surface area contributed by atoms with Crippen LogP contribution in [0.1, 0.15) is 85.5 Å². The van der Waals surface area contributed by atoms with Crippen molar-refractivity contribution in [2.45, 2.75) is 135 Å². The van der Waals surface area contributed by atoms with Crippen molar-refractivity contribution in [1.82, 2.24) is 0 Å². The second kappa shape index (κ2) is 13.0. The molecule has 1 unspecified atom stereocenters. The van der Waals surface area contributed by atoms with E-state index in [1.54, 1.807) is 58.0 Å². The van der Waals surface area contributed by atoms with Gasteiger partial charge in [-0.2, -0.15) is 0 Å². The summed E-state index contributed by atoms with van der Waals surface area (Å²) in [5.74, 6) is -3.91. The first-order valence-corrected chi connectivity index (χ1v) is 20.0. The molecule has 1 saturated heterocycles. The molecule has 2 N–H and O–H groups in total. The Hall–Kier alpha value is -2.90. The van der Waals surface area contributed by atoms with Gasteiger partial charge in [0.25, 0.3) is 0 Å². The third-order valence-corrected chi connectivity index (χ3v) is 17.2. The van der Waals surface area contributed by atoms with Gasteiger partial charge in [0, 0.05) is 32.1 Å². The quantitative estimate of drug-likeness (QED) is 0.160. The fraction of sp³-hybridized carbons (Fsp3) is 0.676. The monoisotopic (exact) mass is 700 g/mol. The highest BCUT2D eigenvalue weighted by atomic mass is 28.4. The highest BCUT2D eigenvalue weighted by molar-refractivity contribution is 6.73. The van der Waals surface area contributed by atoms with Crippen molar-refractivity contribution in [3.8, 4) is 0 Å². The number of benzene rings is 1. The van der Waals surface area contributed by atoms with E-state index < -0.39 is 90.5 Å². The number of aliphatic hydroxyl groups is 2. The Morgan fingerprint density at radius 2 is 1.59 bits per heavy atom. The topological polar surface area (TPSA) is 155 Å². The molecule has 270 valence electrons. The maximum atomic E-state index is 15.6. The highest BCUT2D eigenvalue weighted by Crippen LogP contribution is 2.65. The average Bonchev–Trinajstić information content (AvgIpc) is 3.04. The predicted octanol–water partition coefficient (Wildman–Crippen LogP) is 4.68. The molecule has 3 aliphatic carbocycles. The summed E-state index contributed by atoms with van der Waals surface area (Å²) >= 11 is 0. The van der Waals surface area contributed by atoms with Gasteiger partial charge in [0.2, 0.25) is 0 Å². The molecule has 9 atom stereocenters. The Morgan fingerprint density at radius 3 is 2.10 bits per heavy atom. The minimum absolute atomic E-state index is 0.131. The molecule has 0 amide bonds. The first kappa shape index (κ1) is 37.4. The molecule has 2 bridgehead atoms. The maximum absolute atomic E-state index is 15.6. The Kier molecular flexibility index (Phi) is 9.92. The zero-order valence-corrected chi connectivity index (χ0v) is 31.2. The number of fused-ring (bicyclic) bond motifs is 5. The summed E-state index contributed by atoms with van der Waals surface area (Å²) in [5.41, 5.74) is -5.83. The molecule has 0 radical (unpaired) electrons. The number of Topliss-reactive ketones (excluding diaryl/α,β-unsaturated/α-hetero) is 1. The summed E-state index contributed by atoms with van der Waals surface area (Å²) in [6.07, 6.45) is -6.04. The van der Waals surface area contributed by atoms with Gasteiger partial charge >= 0.3 is 17.9 Å². The van der Waals surface area contributed by atoms with Crippen molar-refractivity contribution in [2.24, 2.45) is 16.7 Å². The van der Waals surface area contributed by atoms with E-state index in [0.29, 0.717) is 5.57 Å². The van der Waals surface area contributed by atoms with E-state index in [-0.39, 0.29) is 30.6 Å². The van der Waals surface area contributed by atoms with E-state index in [0.717, 1.165) is 18.1 Å². The van der Waals surface area contributed by atoms with Crippen molar-refractivity contribution in [3.05, 3.63) is 47.0 Å². The van der Waals surface area contributed by atoms with Crippen LogP contribution in [0.4, 0.5) is 0 Å². The van der Waals surface area contributed by atoms with E-state index in [1.807, 2.05) is 0 Å². The fourth-order valence-electron chi connectivity index (χ4n) is 9.36. The Morgan fingerprint density at radius 1 is 0.980 bits per heavy atom. The molecular formula is C37H52O11Si. The minimum atomic E-state index is -2.48. The molecule has 5 rings (SSSR count). The third kappa shape index (κ3) is 5.62. The minimum Gasteiger partial charge on any atom is -0.455 e. The van der Waals surface area contributed by atoms with Gasteiger partial charge in [0.15, 0.2) is 25.8 Å². The molecular weight excluding hydrogens is 648 g/mol. The zero-order chi connectivity index (χ0) is 36.3. The molecule has 0 spiro atoms. The van der Waals surface area contributed by atoms with Crippen LogP contribution in [0.3, 0.4) is 0 Å². The molecule has 0 aromatic heterocycles. The van der Waals surface area contributed by atoms with Crippen LogP contribution in [-0.2, 0) is 37.8 Å². The number of ether oxygens (including phenoxy) is 4. The van der Waals surface area contributed by atoms with Crippen LogP contribution in [0.15, 0.2) is 41.5 Å². The van der Waals surface area contributed by atoms with Crippen LogP contribution >= 0.6 is 0 Å². The molecule has 12 heteroatoms. The van der Waals surface area contributed by atoms with Gasteiger partial charge in [-0.05, 0) is 55.3 Å². The summed E-state index contributed by atoms with van der Waals surface area (Å²) < 4.78 is 31.9. The van der Waals surface area contributed by atoms with Gasteiger partial charge in [-0.25, -0.2) is 4.79 Å². The van der Waals surface area contributed by atoms with E-state index in [1.165, 1.54) is 13.8 Å². The largest absolute Gasteiger partial charge is 0.455 e. The van der Waals surface area contributed by atoms with Crippen LogP contribution in [0, 0.1) is 16.7 Å². The first-order valence-electron chi connectivity index (χ1n) is 17.5. The Bertz CT molecular complexity index is 1510. The molecule has 1 aromatic carbocycles. The van der Waals surface area contributed by atoms with Crippen LogP contribution in [0.25, 0.3) is 0 Å². The fourth-order valence-corrected chi connectivity index (χ4v) is 12.3. The van der Waals surface area contributed by atoms with E-state index in [9.17, 15) is 24.6 Å². The van der Waals surface area contributed by atoms with E-state index in [4.69, 9.17) is 23.4 Å². The number of esters is 3. The molecule has 4 aliphatic rings. The smallest absolute Gasteiger partial charge is 0.338 e. The van der Waals surface area contributed by atoms with Gasteiger partial charge in [0.05, 0.1) is 35.7 Å². The third-order valence-electron chi connectivity index (χ3n) is 12.5. The lowest BCUT2D eigenvalue weighted by Gasteiger charge is -2.68. The van der Waals surface area contributed by atoms with Crippen molar-refractivity contribution in [2.75, 3.05) is 6.61 Å². The SMILES string of the molecule is CC[Si](CC)(CC)O[C@H]1CC2OC[C@@]2(OC(C)=O)[C@H]2[C@H](OC(=O)c3ccccc3)[C@]3(O)C[C@H](O)C(C)=C([C@@H](OC(C)=O)C(=O)[C@]12C)C3(C)C. The van der Waals surface area contributed by atoms with E-state index in [2.05, 4.69) is 20.8 Å². The Balaban J connectivity index is 1.88. The number of carbonyl (C=O) groups excluding carboxylic acids is 4. The summed E-state index contributed by atoms with van der Waals surface area (Å²) in [4.78, 5) is 55.5. The summed E-state index contributed by atoms with van der Waals surface area (Å²) in [5, 5.41) is 24.8. The number of rotatable bonds is 9. The summed E-state index contributed by atoms with van der Waals surface area (Å²) in [6.45, 7) is 15.3. The van der Waals surface area contributed by atoms with Crippen LogP contribution in [0.5, 0.6) is 0 Å².